The Bertz CT molecular complexity index is 422. The molecule has 0 spiro atoms. The second kappa shape index (κ2) is 7.29. The monoisotopic (exact) mass is 276 g/mol. The van der Waals surface area contributed by atoms with Crippen LogP contribution in [0.4, 0.5) is 0 Å². The molecule has 2 nitrogen and oxygen atoms in total. The molecule has 0 aliphatic carbocycles. The van der Waals surface area contributed by atoms with Crippen molar-refractivity contribution in [2.75, 3.05) is 7.11 Å². The molecule has 0 unspecified atom stereocenters. The maximum atomic E-state index is 11.3. The van der Waals surface area contributed by atoms with Crippen molar-refractivity contribution in [1.82, 2.24) is 0 Å². The van der Waals surface area contributed by atoms with Crippen molar-refractivity contribution in [3.8, 4) is 0 Å². The van der Waals surface area contributed by atoms with Crippen LogP contribution in [-0.2, 0) is 4.74 Å². The summed E-state index contributed by atoms with van der Waals surface area (Å²) in [4.78, 5) is 11.3. The van der Waals surface area contributed by atoms with Crippen LogP contribution in [0.1, 0.15) is 36.7 Å². The normalized spacial score (nSPS) is 11.8. The molecular weight excluding hydrogens is 252 g/mol. The highest BCUT2D eigenvalue weighted by Gasteiger charge is 2.22. The van der Waals surface area contributed by atoms with E-state index in [1.807, 2.05) is 24.3 Å². The van der Waals surface area contributed by atoms with Crippen molar-refractivity contribution in [2.45, 2.75) is 38.9 Å². The van der Waals surface area contributed by atoms with Gasteiger partial charge in [-0.15, -0.1) is 0 Å². The Balaban J connectivity index is 2.85. The van der Waals surface area contributed by atoms with Crippen LogP contribution in [0.2, 0.25) is 18.1 Å². The number of esters is 1. The topological polar surface area (TPSA) is 26.3 Å². The lowest BCUT2D eigenvalue weighted by Gasteiger charge is -2.23. The summed E-state index contributed by atoms with van der Waals surface area (Å²) in [6.07, 6.45) is 2.21. The van der Waals surface area contributed by atoms with Gasteiger partial charge in [0.2, 0.25) is 0 Å². The lowest BCUT2D eigenvalue weighted by molar-refractivity contribution is 0.0601. The Morgan fingerprint density at radius 3 is 2.05 bits per heavy atom. The van der Waals surface area contributed by atoms with E-state index in [0.717, 1.165) is 5.56 Å². The van der Waals surface area contributed by atoms with E-state index in [-0.39, 0.29) is 5.97 Å². The number of carbonyl (C=O) groups is 1. The molecule has 0 bridgehead atoms. The van der Waals surface area contributed by atoms with Gasteiger partial charge in [-0.1, -0.05) is 62.8 Å². The summed E-state index contributed by atoms with van der Waals surface area (Å²) < 4.78 is 4.69. The summed E-state index contributed by atoms with van der Waals surface area (Å²) in [6.45, 7) is 6.89. The van der Waals surface area contributed by atoms with Gasteiger partial charge in [-0.3, -0.25) is 0 Å². The van der Waals surface area contributed by atoms with Gasteiger partial charge in [0.15, 0.2) is 0 Å². The van der Waals surface area contributed by atoms with Crippen molar-refractivity contribution in [1.29, 1.82) is 0 Å². The minimum atomic E-state index is -1.21. The molecule has 0 amide bonds. The highest BCUT2D eigenvalue weighted by atomic mass is 28.3. The zero-order valence-electron chi connectivity index (χ0n) is 12.4. The highest BCUT2D eigenvalue weighted by Crippen LogP contribution is 2.22. The van der Waals surface area contributed by atoms with Gasteiger partial charge in [0.1, 0.15) is 0 Å². The molecule has 1 aromatic rings. The fraction of sp³-hybridized carbons (Fsp3) is 0.438. The van der Waals surface area contributed by atoms with Gasteiger partial charge < -0.3 is 4.74 Å². The van der Waals surface area contributed by atoms with E-state index in [4.69, 9.17) is 4.74 Å². The van der Waals surface area contributed by atoms with E-state index in [1.165, 1.54) is 25.2 Å². The molecule has 1 aromatic carbocycles. The number of methoxy groups -OCH3 is 1. The molecule has 0 aromatic heterocycles. The smallest absolute Gasteiger partial charge is 0.337 e. The standard InChI is InChI=1S/C16H24O2Si/c1-5-19(6-2,7-3)13-12-14-8-10-15(11-9-14)16(17)18-4/h8-13H,5-7H2,1-4H3/b13-12+. The zero-order chi connectivity index (χ0) is 14.3. The first-order valence-electron chi connectivity index (χ1n) is 6.98. The van der Waals surface area contributed by atoms with E-state index in [9.17, 15) is 4.79 Å². The molecule has 104 valence electrons. The van der Waals surface area contributed by atoms with Crippen molar-refractivity contribution >= 4 is 20.1 Å². The Kier molecular flexibility index (Phi) is 6.02. The van der Waals surface area contributed by atoms with E-state index in [1.54, 1.807) is 0 Å². The lowest BCUT2D eigenvalue weighted by Crippen LogP contribution is -2.28. The molecule has 19 heavy (non-hydrogen) atoms. The molecule has 0 fully saturated rings. The number of benzene rings is 1. The van der Waals surface area contributed by atoms with E-state index in [2.05, 4.69) is 32.5 Å². The van der Waals surface area contributed by atoms with Gasteiger partial charge in [0.05, 0.1) is 20.7 Å². The number of hydrogen-bond donors (Lipinski definition) is 0. The van der Waals surface area contributed by atoms with Gasteiger partial charge in [-0.05, 0) is 17.7 Å². The molecule has 0 saturated heterocycles. The predicted octanol–water partition coefficient (Wildman–Crippen LogP) is 4.53. The van der Waals surface area contributed by atoms with Crippen LogP contribution in [-0.4, -0.2) is 21.2 Å². The van der Waals surface area contributed by atoms with E-state index in [0.29, 0.717) is 5.56 Å². The van der Waals surface area contributed by atoms with Crippen molar-refractivity contribution < 1.29 is 9.53 Å². The van der Waals surface area contributed by atoms with Crippen LogP contribution in [0.25, 0.3) is 6.08 Å². The van der Waals surface area contributed by atoms with Crippen molar-refractivity contribution in [3.63, 3.8) is 0 Å². The second-order valence-electron chi connectivity index (χ2n) is 4.87. The maximum Gasteiger partial charge on any atom is 0.337 e. The van der Waals surface area contributed by atoms with Crippen molar-refractivity contribution in [2.24, 2.45) is 0 Å². The van der Waals surface area contributed by atoms with Crippen LogP contribution in [0.15, 0.2) is 30.0 Å². The van der Waals surface area contributed by atoms with Crippen LogP contribution in [0.5, 0.6) is 0 Å². The largest absolute Gasteiger partial charge is 0.465 e. The summed E-state index contributed by atoms with van der Waals surface area (Å²) in [5.74, 6) is -0.282. The van der Waals surface area contributed by atoms with Gasteiger partial charge in [-0.25, -0.2) is 4.79 Å². The minimum Gasteiger partial charge on any atom is -0.465 e. The molecule has 0 N–H and O–H groups in total. The molecule has 1 rings (SSSR count). The third-order valence-electron chi connectivity index (χ3n) is 4.07. The Morgan fingerprint density at radius 1 is 1.11 bits per heavy atom. The zero-order valence-corrected chi connectivity index (χ0v) is 13.4. The molecule has 0 heterocycles. The second-order valence-corrected chi connectivity index (χ2v) is 10.0. The Labute approximate surface area is 117 Å². The molecule has 0 radical (unpaired) electrons. The van der Waals surface area contributed by atoms with E-state index < -0.39 is 8.07 Å². The maximum absolute atomic E-state index is 11.3. The first-order chi connectivity index (χ1) is 9.10. The molecule has 0 atom stereocenters. The molecule has 0 aliphatic heterocycles. The summed E-state index contributed by atoms with van der Waals surface area (Å²) >= 11 is 0. The summed E-state index contributed by atoms with van der Waals surface area (Å²) in [5.41, 5.74) is 4.20. The van der Waals surface area contributed by atoms with Gasteiger partial charge in [-0.2, -0.15) is 0 Å². The molecule has 3 heteroatoms. The van der Waals surface area contributed by atoms with Gasteiger partial charge >= 0.3 is 5.97 Å². The summed E-state index contributed by atoms with van der Waals surface area (Å²) in [7, 11) is 0.188. The number of rotatable bonds is 6. The SMILES string of the molecule is CC[Si](/C=C/c1ccc(C(=O)OC)cc1)(CC)CC. The van der Waals surface area contributed by atoms with Crippen LogP contribution < -0.4 is 0 Å². The highest BCUT2D eigenvalue weighted by molar-refractivity contribution is 6.84. The third kappa shape index (κ3) is 4.06. The Hall–Kier alpha value is -1.35. The summed E-state index contributed by atoms with van der Waals surface area (Å²) in [5, 5.41) is 0. The lowest BCUT2D eigenvalue weighted by atomic mass is 10.1. The van der Waals surface area contributed by atoms with Gasteiger partial charge in [0, 0.05) is 0 Å². The third-order valence-corrected chi connectivity index (χ3v) is 9.17. The number of carbonyl (C=O) groups excluding carboxylic acids is 1. The first-order valence-corrected chi connectivity index (χ1v) is 9.68. The quantitative estimate of drug-likeness (QED) is 0.563. The van der Waals surface area contributed by atoms with Crippen molar-refractivity contribution in [3.05, 3.63) is 41.1 Å². The molecule has 0 aliphatic rings. The average molecular weight is 276 g/mol. The van der Waals surface area contributed by atoms with Crippen LogP contribution in [0, 0.1) is 0 Å². The first kappa shape index (κ1) is 15.7. The fourth-order valence-electron chi connectivity index (χ4n) is 2.22. The Morgan fingerprint density at radius 2 is 1.63 bits per heavy atom. The number of ether oxygens (including phenoxy) is 1. The fourth-order valence-corrected chi connectivity index (χ4v) is 4.98. The van der Waals surface area contributed by atoms with Crippen LogP contribution >= 0.6 is 0 Å². The van der Waals surface area contributed by atoms with Gasteiger partial charge in [0.25, 0.3) is 0 Å². The average Bonchev–Trinajstić information content (AvgIpc) is 2.49. The van der Waals surface area contributed by atoms with E-state index >= 15 is 0 Å². The minimum absolute atomic E-state index is 0.282. The van der Waals surface area contributed by atoms with Crippen LogP contribution in [0.3, 0.4) is 0 Å². The number of hydrogen-bond acceptors (Lipinski definition) is 2. The molecular formula is C16H24O2Si. The molecule has 0 saturated carbocycles. The summed E-state index contributed by atoms with van der Waals surface area (Å²) in [6, 6.07) is 11.5. The predicted molar refractivity (Wildman–Crippen MR) is 84.0 cm³/mol.